The van der Waals surface area contributed by atoms with Crippen LogP contribution in [0.3, 0.4) is 0 Å². The normalized spacial score (nSPS) is 30.9. The molecule has 0 aromatic heterocycles. The van der Waals surface area contributed by atoms with Gasteiger partial charge in [0.05, 0.1) is 0 Å². The molecule has 1 fully saturated rings. The molecule has 1 unspecified atom stereocenters. The SMILES string of the molecule is CC[Si]1(CC)CCCN1C1COC=N1. The first-order valence-electron chi connectivity index (χ1n) is 5.72. The predicted octanol–water partition coefficient (Wildman–Crippen LogP) is 2.06. The lowest BCUT2D eigenvalue weighted by Crippen LogP contribution is -2.52. The van der Waals surface area contributed by atoms with Crippen LogP contribution in [0.1, 0.15) is 20.3 Å². The van der Waals surface area contributed by atoms with E-state index in [1.807, 2.05) is 0 Å². The van der Waals surface area contributed by atoms with Crippen molar-refractivity contribution in [3.63, 3.8) is 0 Å². The number of aliphatic imine (C=N–C) groups is 1. The predicted molar refractivity (Wildman–Crippen MR) is 61.1 cm³/mol. The molecule has 14 heavy (non-hydrogen) atoms. The molecule has 0 bridgehead atoms. The Morgan fingerprint density at radius 3 is 2.86 bits per heavy atom. The zero-order chi connectivity index (χ0) is 10.0. The van der Waals surface area contributed by atoms with Crippen LogP contribution in [0, 0.1) is 0 Å². The minimum atomic E-state index is -1.14. The minimum Gasteiger partial charge on any atom is -0.480 e. The van der Waals surface area contributed by atoms with E-state index >= 15 is 0 Å². The maximum absolute atomic E-state index is 5.24. The van der Waals surface area contributed by atoms with Crippen LogP contribution in [-0.2, 0) is 4.74 Å². The van der Waals surface area contributed by atoms with E-state index in [1.54, 1.807) is 6.40 Å². The lowest BCUT2D eigenvalue weighted by Gasteiger charge is -2.37. The van der Waals surface area contributed by atoms with E-state index in [1.165, 1.54) is 31.1 Å². The van der Waals surface area contributed by atoms with Crippen LogP contribution in [-0.4, -0.2) is 38.5 Å². The Bertz CT molecular complexity index is 228. The number of hydrogen-bond donors (Lipinski definition) is 0. The van der Waals surface area contributed by atoms with Crippen molar-refractivity contribution in [2.24, 2.45) is 4.99 Å². The fourth-order valence-electron chi connectivity index (χ4n) is 2.89. The summed E-state index contributed by atoms with van der Waals surface area (Å²) in [6.07, 6.45) is 3.36. The maximum atomic E-state index is 5.24. The summed E-state index contributed by atoms with van der Waals surface area (Å²) in [7, 11) is -1.14. The van der Waals surface area contributed by atoms with Gasteiger partial charge in [-0.1, -0.05) is 13.8 Å². The first-order chi connectivity index (χ1) is 6.82. The van der Waals surface area contributed by atoms with Gasteiger partial charge in [-0.05, 0) is 31.1 Å². The highest BCUT2D eigenvalue weighted by Gasteiger charge is 2.44. The van der Waals surface area contributed by atoms with Gasteiger partial charge in [0.15, 0.2) is 6.40 Å². The van der Waals surface area contributed by atoms with E-state index < -0.39 is 8.24 Å². The van der Waals surface area contributed by atoms with E-state index in [9.17, 15) is 0 Å². The lowest BCUT2D eigenvalue weighted by molar-refractivity contribution is 0.245. The van der Waals surface area contributed by atoms with Crippen LogP contribution in [0.5, 0.6) is 0 Å². The molecule has 0 saturated carbocycles. The van der Waals surface area contributed by atoms with Gasteiger partial charge in [-0.3, -0.25) is 4.57 Å². The molecule has 0 amide bonds. The van der Waals surface area contributed by atoms with Gasteiger partial charge in [0.2, 0.25) is 0 Å². The monoisotopic (exact) mass is 212 g/mol. The van der Waals surface area contributed by atoms with Gasteiger partial charge < -0.3 is 4.74 Å². The van der Waals surface area contributed by atoms with Crippen LogP contribution < -0.4 is 0 Å². The van der Waals surface area contributed by atoms with Crippen molar-refractivity contribution < 1.29 is 4.74 Å². The Balaban J connectivity index is 2.12. The van der Waals surface area contributed by atoms with Crippen LogP contribution in [0.2, 0.25) is 18.1 Å². The molecule has 2 aliphatic heterocycles. The third-order valence-electron chi connectivity index (χ3n) is 3.88. The fourth-order valence-corrected chi connectivity index (χ4v) is 7.42. The Labute approximate surface area is 87.2 Å². The van der Waals surface area contributed by atoms with Crippen molar-refractivity contribution in [1.29, 1.82) is 0 Å². The molecule has 4 heteroatoms. The lowest BCUT2D eigenvalue weighted by atomic mass is 10.4. The molecule has 0 N–H and O–H groups in total. The summed E-state index contributed by atoms with van der Waals surface area (Å²) in [6, 6.07) is 4.21. The number of ether oxygens (including phenoxy) is 1. The van der Waals surface area contributed by atoms with E-state index in [-0.39, 0.29) is 0 Å². The maximum Gasteiger partial charge on any atom is 0.171 e. The Morgan fingerprint density at radius 1 is 1.50 bits per heavy atom. The molecule has 0 radical (unpaired) electrons. The molecule has 0 aromatic rings. The second-order valence-electron chi connectivity index (χ2n) is 4.30. The zero-order valence-electron chi connectivity index (χ0n) is 9.20. The largest absolute Gasteiger partial charge is 0.480 e. The van der Waals surface area contributed by atoms with Gasteiger partial charge in [0.1, 0.15) is 21.0 Å². The Morgan fingerprint density at radius 2 is 2.29 bits per heavy atom. The second-order valence-corrected chi connectivity index (χ2v) is 9.23. The molecule has 2 heterocycles. The summed E-state index contributed by atoms with van der Waals surface area (Å²) >= 11 is 0. The van der Waals surface area contributed by atoms with E-state index in [4.69, 9.17) is 4.74 Å². The Kier molecular flexibility index (Phi) is 2.92. The van der Waals surface area contributed by atoms with Crippen molar-refractivity contribution >= 4 is 14.6 Å². The van der Waals surface area contributed by atoms with Crippen molar-refractivity contribution in [3.05, 3.63) is 0 Å². The summed E-state index contributed by atoms with van der Waals surface area (Å²) < 4.78 is 7.93. The quantitative estimate of drug-likeness (QED) is 0.669. The van der Waals surface area contributed by atoms with Crippen LogP contribution in [0.4, 0.5) is 0 Å². The number of nitrogens with zero attached hydrogens (tertiary/aromatic N) is 2. The van der Waals surface area contributed by atoms with Crippen LogP contribution >= 0.6 is 0 Å². The molecule has 0 aromatic carbocycles. The van der Waals surface area contributed by atoms with E-state index in [0.717, 1.165) is 6.61 Å². The molecule has 2 rings (SSSR count). The summed E-state index contributed by atoms with van der Waals surface area (Å²) in [5.74, 6) is 0. The average Bonchev–Trinajstić information content (AvgIpc) is 2.86. The number of rotatable bonds is 3. The molecule has 0 aliphatic carbocycles. The molecular formula is C10H20N2OSi. The first-order valence-corrected chi connectivity index (χ1v) is 8.29. The fraction of sp³-hybridized carbons (Fsp3) is 0.900. The molecule has 80 valence electrons. The molecule has 2 aliphatic rings. The van der Waals surface area contributed by atoms with Crippen LogP contribution in [0.15, 0.2) is 4.99 Å². The smallest absolute Gasteiger partial charge is 0.171 e. The Hall–Kier alpha value is -0.353. The third-order valence-corrected chi connectivity index (χ3v) is 9.54. The van der Waals surface area contributed by atoms with Crippen molar-refractivity contribution in [3.8, 4) is 0 Å². The van der Waals surface area contributed by atoms with E-state index in [2.05, 4.69) is 23.4 Å². The summed E-state index contributed by atoms with van der Waals surface area (Å²) in [6.45, 7) is 6.75. The highest BCUT2D eigenvalue weighted by molar-refractivity contribution is 6.77. The average molecular weight is 212 g/mol. The summed E-state index contributed by atoms with van der Waals surface area (Å²) in [4.78, 5) is 4.42. The van der Waals surface area contributed by atoms with Gasteiger partial charge in [0, 0.05) is 0 Å². The topological polar surface area (TPSA) is 24.8 Å². The first kappa shape index (κ1) is 10.2. The van der Waals surface area contributed by atoms with Crippen molar-refractivity contribution in [2.75, 3.05) is 13.2 Å². The summed E-state index contributed by atoms with van der Waals surface area (Å²) in [5, 5.41) is 0. The highest BCUT2D eigenvalue weighted by atomic mass is 28.3. The highest BCUT2D eigenvalue weighted by Crippen LogP contribution is 2.35. The van der Waals surface area contributed by atoms with Gasteiger partial charge in [-0.2, -0.15) is 0 Å². The van der Waals surface area contributed by atoms with Gasteiger partial charge in [-0.25, -0.2) is 4.99 Å². The van der Waals surface area contributed by atoms with Gasteiger partial charge >= 0.3 is 0 Å². The molecular weight excluding hydrogens is 192 g/mol. The molecule has 1 saturated heterocycles. The standard InChI is InChI=1S/C10H20N2OSi/c1-3-14(4-2)7-5-6-12(14)10-8-13-9-11-10/h9-10H,3-8H2,1-2H3. The molecule has 3 nitrogen and oxygen atoms in total. The van der Waals surface area contributed by atoms with Crippen molar-refractivity contribution in [1.82, 2.24) is 4.57 Å². The molecule has 0 spiro atoms. The van der Waals surface area contributed by atoms with Crippen LogP contribution in [0.25, 0.3) is 0 Å². The summed E-state index contributed by atoms with van der Waals surface area (Å²) in [5.41, 5.74) is 0. The second kappa shape index (κ2) is 4.02. The minimum absolute atomic E-state index is 0.351. The van der Waals surface area contributed by atoms with Crippen molar-refractivity contribution in [2.45, 2.75) is 44.6 Å². The zero-order valence-corrected chi connectivity index (χ0v) is 10.2. The van der Waals surface area contributed by atoms with E-state index in [0.29, 0.717) is 6.17 Å². The molecule has 1 atom stereocenters. The van der Waals surface area contributed by atoms with Gasteiger partial charge in [-0.15, -0.1) is 0 Å². The third kappa shape index (κ3) is 1.50. The number of hydrogen-bond acceptors (Lipinski definition) is 3. The van der Waals surface area contributed by atoms with Gasteiger partial charge in [0.25, 0.3) is 0 Å².